The fourth-order valence-electron chi connectivity index (χ4n) is 2.80. The number of carboxylic acid groups (broad SMARTS) is 1. The van der Waals surface area contributed by atoms with Gasteiger partial charge in [0.25, 0.3) is 0 Å². The lowest BCUT2D eigenvalue weighted by Crippen LogP contribution is -2.20. The molecular formula is C14H18O2. The number of hydrogen-bond donors (Lipinski definition) is 1. The quantitative estimate of drug-likeness (QED) is 0.828. The van der Waals surface area contributed by atoms with Crippen molar-refractivity contribution in [3.63, 3.8) is 0 Å². The lowest BCUT2D eigenvalue weighted by Gasteiger charge is -2.26. The summed E-state index contributed by atoms with van der Waals surface area (Å²) in [5, 5.41) is 9.00. The van der Waals surface area contributed by atoms with Crippen LogP contribution in [0.15, 0.2) is 18.2 Å². The lowest BCUT2D eigenvalue weighted by molar-refractivity contribution is -0.138. The minimum Gasteiger partial charge on any atom is -0.481 e. The molecule has 1 aliphatic rings. The number of benzene rings is 1. The van der Waals surface area contributed by atoms with E-state index in [2.05, 4.69) is 39.0 Å². The van der Waals surface area contributed by atoms with E-state index in [0.29, 0.717) is 0 Å². The van der Waals surface area contributed by atoms with Gasteiger partial charge in [0, 0.05) is 5.92 Å². The number of fused-ring (bicyclic) bond motifs is 1. The molecule has 0 saturated carbocycles. The van der Waals surface area contributed by atoms with Crippen LogP contribution in [-0.2, 0) is 11.2 Å². The van der Waals surface area contributed by atoms with Crippen molar-refractivity contribution in [2.75, 3.05) is 0 Å². The Morgan fingerprint density at radius 2 is 2.19 bits per heavy atom. The Morgan fingerprint density at radius 3 is 2.81 bits per heavy atom. The monoisotopic (exact) mass is 218 g/mol. The molecule has 16 heavy (non-hydrogen) atoms. The van der Waals surface area contributed by atoms with Crippen LogP contribution in [0.2, 0.25) is 0 Å². The summed E-state index contributed by atoms with van der Waals surface area (Å²) in [4.78, 5) is 10.9. The highest BCUT2D eigenvalue weighted by atomic mass is 16.4. The zero-order valence-electron chi connectivity index (χ0n) is 10.1. The van der Waals surface area contributed by atoms with E-state index in [-0.39, 0.29) is 17.8 Å². The normalized spacial score (nSPS) is 21.8. The molecule has 1 atom stereocenters. The summed E-state index contributed by atoms with van der Waals surface area (Å²) in [5.74, 6) is -0.549. The second kappa shape index (κ2) is 3.62. The summed E-state index contributed by atoms with van der Waals surface area (Å²) in [6.45, 7) is 6.38. The highest BCUT2D eigenvalue weighted by molar-refractivity contribution is 5.69. The maximum atomic E-state index is 10.9. The van der Waals surface area contributed by atoms with Gasteiger partial charge in [-0.1, -0.05) is 37.6 Å². The third-order valence-electron chi connectivity index (χ3n) is 3.64. The van der Waals surface area contributed by atoms with Crippen LogP contribution in [0.3, 0.4) is 0 Å². The van der Waals surface area contributed by atoms with Crippen LogP contribution in [0.1, 0.15) is 42.9 Å². The second-order valence-electron chi connectivity index (χ2n) is 5.52. The first-order valence-corrected chi connectivity index (χ1v) is 5.71. The van der Waals surface area contributed by atoms with E-state index >= 15 is 0 Å². The van der Waals surface area contributed by atoms with Gasteiger partial charge >= 0.3 is 5.97 Å². The summed E-state index contributed by atoms with van der Waals surface area (Å²) >= 11 is 0. The van der Waals surface area contributed by atoms with Crippen molar-refractivity contribution >= 4 is 5.97 Å². The first-order chi connectivity index (χ1) is 7.40. The Balaban J connectivity index is 2.43. The molecule has 2 nitrogen and oxygen atoms in total. The van der Waals surface area contributed by atoms with E-state index in [0.717, 1.165) is 6.42 Å². The fourth-order valence-corrected chi connectivity index (χ4v) is 2.80. The van der Waals surface area contributed by atoms with Gasteiger partial charge in [0.2, 0.25) is 0 Å². The molecule has 2 heteroatoms. The predicted molar refractivity (Wildman–Crippen MR) is 63.7 cm³/mol. The SMILES string of the molecule is Cc1ccc2c(c1)C(CC(=O)O)C(C)(C)C2. The molecule has 0 amide bonds. The topological polar surface area (TPSA) is 37.3 Å². The van der Waals surface area contributed by atoms with Crippen molar-refractivity contribution < 1.29 is 9.90 Å². The highest BCUT2D eigenvalue weighted by Crippen LogP contribution is 2.48. The molecule has 0 saturated heterocycles. The molecule has 1 unspecified atom stereocenters. The summed E-state index contributed by atoms with van der Waals surface area (Å²) < 4.78 is 0. The number of carbonyl (C=O) groups is 1. The largest absolute Gasteiger partial charge is 0.481 e. The van der Waals surface area contributed by atoms with Crippen LogP contribution in [0.25, 0.3) is 0 Å². The molecule has 86 valence electrons. The molecule has 1 aliphatic carbocycles. The van der Waals surface area contributed by atoms with Gasteiger partial charge in [-0.15, -0.1) is 0 Å². The van der Waals surface area contributed by atoms with Gasteiger partial charge in [-0.3, -0.25) is 4.79 Å². The number of rotatable bonds is 2. The van der Waals surface area contributed by atoms with Gasteiger partial charge in [0.15, 0.2) is 0 Å². The van der Waals surface area contributed by atoms with Gasteiger partial charge in [-0.05, 0) is 29.9 Å². The van der Waals surface area contributed by atoms with E-state index < -0.39 is 5.97 Å². The Labute approximate surface area is 96.3 Å². The van der Waals surface area contributed by atoms with Crippen LogP contribution in [0.5, 0.6) is 0 Å². The second-order valence-corrected chi connectivity index (χ2v) is 5.52. The Bertz CT molecular complexity index is 432. The van der Waals surface area contributed by atoms with Crippen molar-refractivity contribution in [3.05, 3.63) is 34.9 Å². The zero-order chi connectivity index (χ0) is 11.9. The lowest BCUT2D eigenvalue weighted by atomic mass is 9.78. The van der Waals surface area contributed by atoms with Crippen molar-refractivity contribution in [3.8, 4) is 0 Å². The van der Waals surface area contributed by atoms with Gasteiger partial charge in [0.1, 0.15) is 0 Å². The van der Waals surface area contributed by atoms with Gasteiger partial charge < -0.3 is 5.11 Å². The van der Waals surface area contributed by atoms with E-state index in [4.69, 9.17) is 5.11 Å². The number of carboxylic acids is 1. The smallest absolute Gasteiger partial charge is 0.303 e. The van der Waals surface area contributed by atoms with Crippen molar-refractivity contribution in [2.45, 2.75) is 39.5 Å². The standard InChI is InChI=1S/C14H18O2/c1-9-4-5-10-8-14(2,3)12(7-13(15)16)11(10)6-9/h4-6,12H,7-8H2,1-3H3,(H,15,16). The molecule has 0 aliphatic heterocycles. The van der Waals surface area contributed by atoms with E-state index in [9.17, 15) is 4.79 Å². The number of aryl methyl sites for hydroxylation is 1. The average molecular weight is 218 g/mol. The molecule has 2 rings (SSSR count). The maximum absolute atomic E-state index is 10.9. The molecule has 0 radical (unpaired) electrons. The maximum Gasteiger partial charge on any atom is 0.303 e. The summed E-state index contributed by atoms with van der Waals surface area (Å²) in [6.07, 6.45) is 1.23. The Morgan fingerprint density at radius 1 is 1.50 bits per heavy atom. The molecule has 0 bridgehead atoms. The van der Waals surface area contributed by atoms with Crippen LogP contribution >= 0.6 is 0 Å². The van der Waals surface area contributed by atoms with Crippen LogP contribution in [-0.4, -0.2) is 11.1 Å². The van der Waals surface area contributed by atoms with Crippen molar-refractivity contribution in [1.82, 2.24) is 0 Å². The van der Waals surface area contributed by atoms with Crippen LogP contribution in [0, 0.1) is 12.3 Å². The zero-order valence-corrected chi connectivity index (χ0v) is 10.1. The van der Waals surface area contributed by atoms with Crippen LogP contribution in [0.4, 0.5) is 0 Å². The van der Waals surface area contributed by atoms with Gasteiger partial charge in [-0.25, -0.2) is 0 Å². The summed E-state index contributed by atoms with van der Waals surface area (Å²) in [5.41, 5.74) is 3.84. The number of hydrogen-bond acceptors (Lipinski definition) is 1. The first-order valence-electron chi connectivity index (χ1n) is 5.71. The van der Waals surface area contributed by atoms with Crippen molar-refractivity contribution in [1.29, 1.82) is 0 Å². The van der Waals surface area contributed by atoms with Gasteiger partial charge in [-0.2, -0.15) is 0 Å². The first kappa shape index (κ1) is 11.2. The minimum atomic E-state index is -0.701. The molecule has 0 fully saturated rings. The fraction of sp³-hybridized carbons (Fsp3) is 0.500. The molecule has 1 aromatic rings. The molecule has 1 N–H and O–H groups in total. The van der Waals surface area contributed by atoms with E-state index in [1.807, 2.05) is 0 Å². The van der Waals surface area contributed by atoms with Gasteiger partial charge in [0.05, 0.1) is 6.42 Å². The third kappa shape index (κ3) is 1.84. The minimum absolute atomic E-state index is 0.0640. The molecule has 0 heterocycles. The van der Waals surface area contributed by atoms with E-state index in [1.165, 1.54) is 16.7 Å². The third-order valence-corrected chi connectivity index (χ3v) is 3.64. The summed E-state index contributed by atoms with van der Waals surface area (Å²) in [7, 11) is 0. The number of aliphatic carboxylic acids is 1. The molecular weight excluding hydrogens is 200 g/mol. The highest BCUT2D eigenvalue weighted by Gasteiger charge is 2.39. The van der Waals surface area contributed by atoms with Crippen molar-refractivity contribution in [2.24, 2.45) is 5.41 Å². The molecule has 0 spiro atoms. The predicted octanol–water partition coefficient (Wildman–Crippen LogP) is 3.14. The van der Waals surface area contributed by atoms with Crippen LogP contribution < -0.4 is 0 Å². The van der Waals surface area contributed by atoms with E-state index in [1.54, 1.807) is 0 Å². The summed E-state index contributed by atoms with van der Waals surface area (Å²) in [6, 6.07) is 6.41. The molecule has 0 aromatic heterocycles. The Hall–Kier alpha value is -1.31. The average Bonchev–Trinajstić information content (AvgIpc) is 2.38. The molecule has 1 aromatic carbocycles. The Kier molecular flexibility index (Phi) is 2.53.